The van der Waals surface area contributed by atoms with Crippen LogP contribution in [0.3, 0.4) is 0 Å². The molecule has 1 aromatic rings. The summed E-state index contributed by atoms with van der Waals surface area (Å²) in [4.78, 5) is 12.1. The van der Waals surface area contributed by atoms with Crippen molar-refractivity contribution in [1.82, 2.24) is 0 Å². The van der Waals surface area contributed by atoms with Gasteiger partial charge in [0, 0.05) is 5.69 Å². The van der Waals surface area contributed by atoms with Crippen molar-refractivity contribution in [3.63, 3.8) is 0 Å². The number of anilines is 1. The summed E-state index contributed by atoms with van der Waals surface area (Å²) in [5, 5.41) is 12.3. The van der Waals surface area contributed by atoms with Gasteiger partial charge in [-0.1, -0.05) is 44.0 Å². The van der Waals surface area contributed by atoms with Gasteiger partial charge in [-0.15, -0.1) is 0 Å². The summed E-state index contributed by atoms with van der Waals surface area (Å²) in [6, 6.07) is 2.87. The van der Waals surface area contributed by atoms with Crippen molar-refractivity contribution in [2.75, 3.05) is 5.32 Å². The Morgan fingerprint density at radius 2 is 1.91 bits per heavy atom. The van der Waals surface area contributed by atoms with Crippen LogP contribution in [-0.4, -0.2) is 17.3 Å². The number of hydrogen-bond acceptors (Lipinski definition) is 3. The first-order valence-corrected chi connectivity index (χ1v) is 8.69. The first kappa shape index (κ1) is 18.2. The Labute approximate surface area is 147 Å². The van der Waals surface area contributed by atoms with E-state index in [1.165, 1.54) is 18.6 Å². The number of phenols is 1. The minimum atomic E-state index is -0.524. The molecule has 0 unspecified atom stereocenters. The number of hydrogen-bond donors (Lipinski definition) is 2. The first-order chi connectivity index (χ1) is 10.8. The van der Waals surface area contributed by atoms with E-state index in [1.807, 2.05) is 0 Å². The van der Waals surface area contributed by atoms with E-state index in [2.05, 4.69) is 26.1 Å². The van der Waals surface area contributed by atoms with E-state index in [1.54, 1.807) is 0 Å². The summed E-state index contributed by atoms with van der Waals surface area (Å²) in [5.41, 5.74) is 0.395. The Kier molecular flexibility index (Phi) is 6.04. The minimum absolute atomic E-state index is 0.0821. The number of carbonyl (C=O) groups excluding carboxylic acids is 1. The number of carbonyl (C=O) groups is 1. The van der Waals surface area contributed by atoms with Crippen molar-refractivity contribution in [2.45, 2.75) is 46.1 Å². The van der Waals surface area contributed by atoms with Crippen LogP contribution in [0.4, 0.5) is 10.5 Å². The van der Waals surface area contributed by atoms with Gasteiger partial charge in [0.25, 0.3) is 0 Å². The molecule has 1 aliphatic carbocycles. The van der Waals surface area contributed by atoms with Crippen LogP contribution in [0.1, 0.15) is 40.0 Å². The molecule has 0 bridgehead atoms. The molecule has 0 radical (unpaired) electrons. The molecule has 0 heterocycles. The summed E-state index contributed by atoms with van der Waals surface area (Å²) in [5.74, 6) is 1.32. The number of amides is 1. The molecule has 0 aromatic heterocycles. The lowest BCUT2D eigenvalue weighted by atomic mass is 9.76. The van der Waals surface area contributed by atoms with Crippen LogP contribution in [0, 0.1) is 17.8 Å². The smallest absolute Gasteiger partial charge is 0.411 e. The molecule has 0 spiro atoms. The summed E-state index contributed by atoms with van der Waals surface area (Å²) < 4.78 is 5.60. The van der Waals surface area contributed by atoms with E-state index in [4.69, 9.17) is 27.9 Å². The molecule has 2 N–H and O–H groups in total. The second-order valence-corrected chi connectivity index (χ2v) is 7.47. The van der Waals surface area contributed by atoms with Crippen LogP contribution in [0.5, 0.6) is 5.75 Å². The normalized spacial score (nSPS) is 24.5. The van der Waals surface area contributed by atoms with Crippen LogP contribution in [-0.2, 0) is 4.74 Å². The monoisotopic (exact) mass is 359 g/mol. The molecule has 1 aromatic carbocycles. The number of rotatable bonds is 3. The van der Waals surface area contributed by atoms with Gasteiger partial charge >= 0.3 is 6.09 Å². The fourth-order valence-electron chi connectivity index (χ4n) is 3.00. The third-order valence-electron chi connectivity index (χ3n) is 4.63. The van der Waals surface area contributed by atoms with Gasteiger partial charge in [-0.05, 0) is 49.1 Å². The lowest BCUT2D eigenvalue weighted by molar-refractivity contribution is 0.0246. The van der Waals surface area contributed by atoms with Gasteiger partial charge in [-0.2, -0.15) is 0 Å². The van der Waals surface area contributed by atoms with Crippen molar-refractivity contribution in [3.8, 4) is 5.75 Å². The van der Waals surface area contributed by atoms with Crippen LogP contribution < -0.4 is 5.32 Å². The molecule has 4 nitrogen and oxygen atoms in total. The molecule has 1 aliphatic rings. The van der Waals surface area contributed by atoms with Crippen molar-refractivity contribution in [1.29, 1.82) is 0 Å². The molecule has 0 aliphatic heterocycles. The van der Waals surface area contributed by atoms with Gasteiger partial charge < -0.3 is 9.84 Å². The predicted octanol–water partition coefficient (Wildman–Crippen LogP) is 5.71. The SMILES string of the molecule is CC(C)[C@@H]1CC[C@@H](C)[C@@H](OC(=O)Nc2cc(Cl)c(O)c(Cl)c2)C1. The third kappa shape index (κ3) is 4.67. The Balaban J connectivity index is 1.98. The van der Waals surface area contributed by atoms with Crippen LogP contribution in [0.2, 0.25) is 10.0 Å². The Bertz CT molecular complexity index is 554. The highest BCUT2D eigenvalue weighted by molar-refractivity contribution is 6.37. The highest BCUT2D eigenvalue weighted by atomic mass is 35.5. The molecule has 128 valence electrons. The summed E-state index contributed by atoms with van der Waals surface area (Å²) in [6.45, 7) is 6.53. The number of ether oxygens (including phenoxy) is 1. The maximum Gasteiger partial charge on any atom is 0.411 e. The van der Waals surface area contributed by atoms with Crippen molar-refractivity contribution < 1.29 is 14.6 Å². The lowest BCUT2D eigenvalue weighted by Gasteiger charge is -2.35. The molecule has 1 fully saturated rings. The molecule has 2 rings (SSSR count). The fraction of sp³-hybridized carbons (Fsp3) is 0.588. The summed E-state index contributed by atoms with van der Waals surface area (Å²) in [6.07, 6.45) is 2.54. The van der Waals surface area contributed by atoms with Gasteiger partial charge in [0.2, 0.25) is 0 Å². The topological polar surface area (TPSA) is 58.6 Å². The average molecular weight is 360 g/mol. The maximum atomic E-state index is 12.1. The number of nitrogens with one attached hydrogen (secondary N) is 1. The molecule has 0 saturated heterocycles. The molecule has 1 saturated carbocycles. The lowest BCUT2D eigenvalue weighted by Crippen LogP contribution is -2.35. The van der Waals surface area contributed by atoms with Crippen molar-refractivity contribution >= 4 is 35.0 Å². The molecule has 3 atom stereocenters. The Morgan fingerprint density at radius 3 is 2.48 bits per heavy atom. The van der Waals surface area contributed by atoms with Crippen LogP contribution in [0.15, 0.2) is 12.1 Å². The van der Waals surface area contributed by atoms with Crippen LogP contribution >= 0.6 is 23.2 Å². The number of benzene rings is 1. The van der Waals surface area contributed by atoms with Crippen molar-refractivity contribution in [2.24, 2.45) is 17.8 Å². The predicted molar refractivity (Wildman–Crippen MR) is 93.4 cm³/mol. The minimum Gasteiger partial charge on any atom is -0.505 e. The standard InChI is InChI=1S/C17H23Cl2NO3/c1-9(2)11-5-4-10(3)15(6-11)23-17(22)20-12-7-13(18)16(21)14(19)8-12/h7-11,15,21H,4-6H2,1-3H3,(H,20,22)/t10-,11-,15+/m1/s1. The highest BCUT2D eigenvalue weighted by Gasteiger charge is 2.31. The van der Waals surface area contributed by atoms with Gasteiger partial charge in [-0.25, -0.2) is 4.79 Å². The number of phenolic OH excluding ortho intramolecular Hbond substituents is 1. The zero-order valence-corrected chi connectivity index (χ0v) is 15.1. The molecule has 6 heteroatoms. The van der Waals surface area contributed by atoms with E-state index in [9.17, 15) is 9.90 Å². The van der Waals surface area contributed by atoms with Crippen molar-refractivity contribution in [3.05, 3.63) is 22.2 Å². The second-order valence-electron chi connectivity index (χ2n) is 6.65. The maximum absolute atomic E-state index is 12.1. The third-order valence-corrected chi connectivity index (χ3v) is 5.20. The van der Waals surface area contributed by atoms with E-state index in [0.717, 1.165) is 12.8 Å². The van der Waals surface area contributed by atoms with Gasteiger partial charge in [0.05, 0.1) is 10.0 Å². The Hall–Kier alpha value is -1.13. The van der Waals surface area contributed by atoms with E-state index in [-0.39, 0.29) is 21.9 Å². The highest BCUT2D eigenvalue weighted by Crippen LogP contribution is 2.36. The first-order valence-electron chi connectivity index (χ1n) is 7.93. The summed E-state index contributed by atoms with van der Waals surface area (Å²) >= 11 is 11.7. The molecule has 1 amide bonds. The Morgan fingerprint density at radius 1 is 1.30 bits per heavy atom. The van der Waals surface area contributed by atoms with E-state index in [0.29, 0.717) is 23.4 Å². The number of aromatic hydroxyl groups is 1. The average Bonchev–Trinajstić information content (AvgIpc) is 2.46. The zero-order valence-electron chi connectivity index (χ0n) is 13.6. The fourth-order valence-corrected chi connectivity index (χ4v) is 3.49. The van der Waals surface area contributed by atoms with Gasteiger partial charge in [0.15, 0.2) is 5.75 Å². The number of halogens is 2. The van der Waals surface area contributed by atoms with E-state index < -0.39 is 6.09 Å². The van der Waals surface area contributed by atoms with Gasteiger partial charge in [-0.3, -0.25) is 5.32 Å². The molecular weight excluding hydrogens is 337 g/mol. The zero-order chi connectivity index (χ0) is 17.1. The molecular formula is C17H23Cl2NO3. The quantitative estimate of drug-likeness (QED) is 0.679. The second kappa shape index (κ2) is 7.63. The van der Waals surface area contributed by atoms with E-state index >= 15 is 0 Å². The largest absolute Gasteiger partial charge is 0.505 e. The molecule has 23 heavy (non-hydrogen) atoms. The van der Waals surface area contributed by atoms with Crippen LogP contribution in [0.25, 0.3) is 0 Å². The summed E-state index contributed by atoms with van der Waals surface area (Å²) in [7, 11) is 0. The van der Waals surface area contributed by atoms with Gasteiger partial charge in [0.1, 0.15) is 6.10 Å².